The van der Waals surface area contributed by atoms with E-state index < -0.39 is 9.84 Å². The Morgan fingerprint density at radius 2 is 2.19 bits per heavy atom. The van der Waals surface area contributed by atoms with E-state index in [1.807, 2.05) is 48.7 Å². The molecule has 0 radical (unpaired) electrons. The SMILES string of the molecule is CC(NCC(=O)N(Cc1cccs1)C1CCS(=O)(=O)C1)c1cccc(Cl)c1. The molecule has 0 bridgehead atoms. The van der Waals surface area contributed by atoms with Gasteiger partial charge < -0.3 is 10.2 Å². The van der Waals surface area contributed by atoms with E-state index in [1.54, 1.807) is 16.2 Å². The van der Waals surface area contributed by atoms with Gasteiger partial charge in [0.1, 0.15) is 0 Å². The number of rotatable bonds is 7. The highest BCUT2D eigenvalue weighted by atomic mass is 35.5. The van der Waals surface area contributed by atoms with Crippen LogP contribution in [-0.2, 0) is 21.2 Å². The highest BCUT2D eigenvalue weighted by molar-refractivity contribution is 7.91. The van der Waals surface area contributed by atoms with Crippen molar-refractivity contribution < 1.29 is 13.2 Å². The largest absolute Gasteiger partial charge is 0.332 e. The molecule has 0 spiro atoms. The molecular formula is C19H23ClN2O3S2. The molecule has 2 aromatic rings. The average molecular weight is 427 g/mol. The van der Waals surface area contributed by atoms with Crippen molar-refractivity contribution in [3.8, 4) is 0 Å². The third kappa shape index (κ3) is 5.54. The molecule has 1 aliphatic heterocycles. The van der Waals surface area contributed by atoms with Gasteiger partial charge in [0.25, 0.3) is 0 Å². The van der Waals surface area contributed by atoms with Crippen molar-refractivity contribution in [2.75, 3.05) is 18.1 Å². The first kappa shape index (κ1) is 20.3. The summed E-state index contributed by atoms with van der Waals surface area (Å²) in [5.74, 6) is 0.117. The minimum absolute atomic E-state index is 0.0384. The molecule has 1 aromatic carbocycles. The lowest BCUT2D eigenvalue weighted by Crippen LogP contribution is -2.45. The molecule has 0 saturated carbocycles. The maximum atomic E-state index is 12.9. The van der Waals surface area contributed by atoms with Crippen LogP contribution in [0.2, 0.25) is 5.02 Å². The lowest BCUT2D eigenvalue weighted by Gasteiger charge is -2.28. The van der Waals surface area contributed by atoms with Gasteiger partial charge in [0, 0.05) is 22.0 Å². The molecule has 146 valence electrons. The second-order valence-corrected chi connectivity index (χ2v) is 10.5. The quantitative estimate of drug-likeness (QED) is 0.737. The molecule has 27 heavy (non-hydrogen) atoms. The normalized spacial score (nSPS) is 19.7. The van der Waals surface area contributed by atoms with Crippen LogP contribution in [0, 0.1) is 0 Å². The summed E-state index contributed by atoms with van der Waals surface area (Å²) in [5.41, 5.74) is 1.00. The summed E-state index contributed by atoms with van der Waals surface area (Å²) >= 11 is 7.61. The summed E-state index contributed by atoms with van der Waals surface area (Å²) in [6.07, 6.45) is 0.503. The first-order chi connectivity index (χ1) is 12.8. The number of thiophene rings is 1. The lowest BCUT2D eigenvalue weighted by molar-refractivity contribution is -0.132. The van der Waals surface area contributed by atoms with Crippen LogP contribution in [0.25, 0.3) is 0 Å². The zero-order valence-corrected chi connectivity index (χ0v) is 17.5. The van der Waals surface area contributed by atoms with Crippen molar-refractivity contribution in [1.82, 2.24) is 10.2 Å². The maximum absolute atomic E-state index is 12.9. The van der Waals surface area contributed by atoms with Crippen molar-refractivity contribution in [2.24, 2.45) is 0 Å². The number of hydrogen-bond donors (Lipinski definition) is 1. The molecule has 1 saturated heterocycles. The number of carbonyl (C=O) groups excluding carboxylic acids is 1. The van der Waals surface area contributed by atoms with Gasteiger partial charge in [-0.1, -0.05) is 29.8 Å². The van der Waals surface area contributed by atoms with Crippen molar-refractivity contribution in [1.29, 1.82) is 0 Å². The summed E-state index contributed by atoms with van der Waals surface area (Å²) in [6, 6.07) is 11.1. The lowest BCUT2D eigenvalue weighted by atomic mass is 10.1. The van der Waals surface area contributed by atoms with Crippen LogP contribution < -0.4 is 5.32 Å². The van der Waals surface area contributed by atoms with Crippen LogP contribution in [0.3, 0.4) is 0 Å². The molecule has 8 heteroatoms. The molecule has 1 N–H and O–H groups in total. The Morgan fingerprint density at radius 3 is 2.81 bits per heavy atom. The van der Waals surface area contributed by atoms with Crippen LogP contribution in [0.1, 0.15) is 29.8 Å². The molecule has 0 aliphatic carbocycles. The average Bonchev–Trinajstić information content (AvgIpc) is 3.26. The molecule has 1 aliphatic rings. The number of sulfone groups is 1. The monoisotopic (exact) mass is 426 g/mol. The van der Waals surface area contributed by atoms with Crippen LogP contribution in [0.15, 0.2) is 41.8 Å². The van der Waals surface area contributed by atoms with Gasteiger partial charge in [0.15, 0.2) is 9.84 Å². The fourth-order valence-electron chi connectivity index (χ4n) is 3.25. The standard InChI is InChI=1S/C19H23ClN2O3S2/c1-14(15-4-2-5-16(20)10-15)21-11-19(23)22(12-18-6-3-8-26-18)17-7-9-27(24,25)13-17/h2-6,8,10,14,17,21H,7,9,11-13H2,1H3. The van der Waals surface area contributed by atoms with Crippen LogP contribution in [0.4, 0.5) is 0 Å². The summed E-state index contributed by atoms with van der Waals surface area (Å²) in [5, 5.41) is 5.85. The van der Waals surface area contributed by atoms with Gasteiger partial charge in [0.2, 0.25) is 5.91 Å². The third-order valence-electron chi connectivity index (χ3n) is 4.78. The number of benzene rings is 1. The Bertz CT molecular complexity index is 884. The van der Waals surface area contributed by atoms with Gasteiger partial charge in [-0.15, -0.1) is 11.3 Å². The Hall–Kier alpha value is -1.41. The zero-order chi connectivity index (χ0) is 19.4. The number of nitrogens with zero attached hydrogens (tertiary/aromatic N) is 1. The van der Waals surface area contributed by atoms with E-state index in [0.29, 0.717) is 18.0 Å². The maximum Gasteiger partial charge on any atom is 0.237 e. The van der Waals surface area contributed by atoms with Gasteiger partial charge >= 0.3 is 0 Å². The Labute approximate surface area is 169 Å². The number of amides is 1. The molecule has 2 unspecified atom stereocenters. The predicted molar refractivity (Wildman–Crippen MR) is 110 cm³/mol. The molecular weight excluding hydrogens is 404 g/mol. The van der Waals surface area contributed by atoms with Crippen LogP contribution >= 0.6 is 22.9 Å². The number of hydrogen-bond acceptors (Lipinski definition) is 5. The Morgan fingerprint density at radius 1 is 1.37 bits per heavy atom. The molecule has 1 aromatic heterocycles. The van der Waals surface area contributed by atoms with Crippen LogP contribution in [0.5, 0.6) is 0 Å². The smallest absolute Gasteiger partial charge is 0.237 e. The van der Waals surface area contributed by atoms with Gasteiger partial charge in [0.05, 0.1) is 24.6 Å². The number of halogens is 1. The minimum atomic E-state index is -3.06. The summed E-state index contributed by atoms with van der Waals surface area (Å²) in [6.45, 7) is 2.57. The summed E-state index contributed by atoms with van der Waals surface area (Å²) < 4.78 is 23.8. The molecule has 1 amide bonds. The van der Waals surface area contributed by atoms with E-state index >= 15 is 0 Å². The molecule has 2 heterocycles. The topological polar surface area (TPSA) is 66.5 Å². The van der Waals surface area contributed by atoms with Gasteiger partial charge in [-0.3, -0.25) is 4.79 Å². The third-order valence-corrected chi connectivity index (χ3v) is 7.63. The van der Waals surface area contributed by atoms with Crippen molar-refractivity contribution in [3.63, 3.8) is 0 Å². The Kier molecular flexibility index (Phi) is 6.57. The zero-order valence-electron chi connectivity index (χ0n) is 15.1. The van der Waals surface area contributed by atoms with Crippen molar-refractivity contribution >= 4 is 38.7 Å². The van der Waals surface area contributed by atoms with Gasteiger partial charge in [-0.2, -0.15) is 0 Å². The van der Waals surface area contributed by atoms with Crippen molar-refractivity contribution in [3.05, 3.63) is 57.2 Å². The fourth-order valence-corrected chi connectivity index (χ4v) is 5.88. The molecule has 5 nitrogen and oxygen atoms in total. The fraction of sp³-hybridized carbons (Fsp3) is 0.421. The Balaban J connectivity index is 1.67. The van der Waals surface area contributed by atoms with E-state index in [0.717, 1.165) is 10.4 Å². The van der Waals surface area contributed by atoms with E-state index in [9.17, 15) is 13.2 Å². The van der Waals surface area contributed by atoms with Gasteiger partial charge in [-0.25, -0.2) is 8.42 Å². The highest BCUT2D eigenvalue weighted by Crippen LogP contribution is 2.22. The van der Waals surface area contributed by atoms with E-state index in [1.165, 1.54) is 0 Å². The predicted octanol–water partition coefficient (Wildman–Crippen LogP) is 3.27. The van der Waals surface area contributed by atoms with E-state index in [4.69, 9.17) is 11.6 Å². The minimum Gasteiger partial charge on any atom is -0.332 e. The first-order valence-electron chi connectivity index (χ1n) is 8.85. The molecule has 2 atom stereocenters. The summed E-state index contributed by atoms with van der Waals surface area (Å²) in [4.78, 5) is 15.7. The second kappa shape index (κ2) is 8.73. The first-order valence-corrected chi connectivity index (χ1v) is 11.9. The van der Waals surface area contributed by atoms with E-state index in [2.05, 4.69) is 5.32 Å². The van der Waals surface area contributed by atoms with E-state index in [-0.39, 0.29) is 36.0 Å². The van der Waals surface area contributed by atoms with Crippen molar-refractivity contribution in [2.45, 2.75) is 32.0 Å². The second-order valence-electron chi connectivity index (χ2n) is 6.82. The summed E-state index contributed by atoms with van der Waals surface area (Å²) in [7, 11) is -3.06. The highest BCUT2D eigenvalue weighted by Gasteiger charge is 2.34. The molecule has 1 fully saturated rings. The molecule has 3 rings (SSSR count). The number of carbonyl (C=O) groups is 1. The van der Waals surface area contributed by atoms with Gasteiger partial charge in [-0.05, 0) is 42.5 Å². The number of nitrogens with one attached hydrogen (secondary N) is 1. The van der Waals surface area contributed by atoms with Crippen LogP contribution in [-0.4, -0.2) is 43.3 Å².